The average Bonchev–Trinajstić information content (AvgIpc) is 3.82. The van der Waals surface area contributed by atoms with Gasteiger partial charge in [0.1, 0.15) is 17.8 Å². The van der Waals surface area contributed by atoms with Gasteiger partial charge in [0.05, 0.1) is 48.9 Å². The Kier molecular flexibility index (Phi) is 11.7. The number of carbonyl (C=O) groups excluding carboxylic acids is 1. The highest BCUT2D eigenvalue weighted by Crippen LogP contribution is 2.36. The maximum absolute atomic E-state index is 14.1. The molecule has 2 saturated heterocycles. The molecule has 1 unspecified atom stereocenters. The number of nitrogens with zero attached hydrogens (tertiary/aromatic N) is 2. The van der Waals surface area contributed by atoms with Gasteiger partial charge in [-0.05, 0) is 59.4 Å². The number of hydrogen-bond acceptors (Lipinski definition) is 9. The first-order valence-corrected chi connectivity index (χ1v) is 18.6. The van der Waals surface area contributed by atoms with Gasteiger partial charge < -0.3 is 34.7 Å². The lowest BCUT2D eigenvalue weighted by Crippen LogP contribution is -2.52. The molecule has 3 aromatic rings. The second-order valence-corrected chi connectivity index (χ2v) is 15.5. The number of carbonyl (C=O) groups is 1. The van der Waals surface area contributed by atoms with E-state index in [-0.39, 0.29) is 56.0 Å². The van der Waals surface area contributed by atoms with E-state index in [1.54, 1.807) is 37.4 Å². The van der Waals surface area contributed by atoms with Crippen LogP contribution in [0.1, 0.15) is 30.5 Å². The average molecular weight is 725 g/mol. The summed E-state index contributed by atoms with van der Waals surface area (Å²) >= 11 is 0. The van der Waals surface area contributed by atoms with E-state index < -0.39 is 52.7 Å². The number of halogens is 1. The number of amides is 1. The molecule has 51 heavy (non-hydrogen) atoms. The Morgan fingerprint density at radius 2 is 1.78 bits per heavy atom. The first kappa shape index (κ1) is 36.9. The SMILES string of the molecule is CN=C1Cc2cc(S(=O)(=O)N(CC(C)C)C[C@@H](O)[C@H](Cc3ccccc3)NC(=O)OC3CO[C@H]4OC[C@H](OCc5cccc(F)c5)[C@@H]34)ccc2N1. The second-order valence-electron chi connectivity index (χ2n) is 13.6. The van der Waals surface area contributed by atoms with Crippen molar-refractivity contribution >= 4 is 27.6 Å². The van der Waals surface area contributed by atoms with Gasteiger partial charge in [-0.3, -0.25) is 4.99 Å². The predicted octanol–water partition coefficient (Wildman–Crippen LogP) is 4.12. The van der Waals surface area contributed by atoms with Crippen LogP contribution in [0.4, 0.5) is 14.9 Å². The molecule has 3 aliphatic heterocycles. The molecule has 3 N–H and O–H groups in total. The largest absolute Gasteiger partial charge is 0.443 e. The van der Waals surface area contributed by atoms with Crippen LogP contribution in [0.5, 0.6) is 0 Å². The summed E-state index contributed by atoms with van der Waals surface area (Å²) in [6, 6.07) is 19.4. The van der Waals surface area contributed by atoms with Crippen molar-refractivity contribution in [2.75, 3.05) is 38.7 Å². The molecule has 3 aliphatic rings. The molecule has 0 aromatic heterocycles. The number of aliphatic imine (C=N–C) groups is 1. The lowest BCUT2D eigenvalue weighted by Gasteiger charge is -2.31. The Hall–Kier alpha value is -3.92. The minimum absolute atomic E-state index is 0.0487. The highest BCUT2D eigenvalue weighted by Gasteiger charge is 2.51. The van der Waals surface area contributed by atoms with Gasteiger partial charge in [-0.2, -0.15) is 4.31 Å². The zero-order valence-electron chi connectivity index (χ0n) is 28.9. The van der Waals surface area contributed by atoms with E-state index in [1.807, 2.05) is 44.2 Å². The molecule has 0 bridgehead atoms. The fourth-order valence-corrected chi connectivity index (χ4v) is 8.39. The van der Waals surface area contributed by atoms with Crippen LogP contribution in [0.3, 0.4) is 0 Å². The monoisotopic (exact) mass is 724 g/mol. The number of benzene rings is 3. The molecular formula is C37H45FN4O8S. The number of aliphatic hydroxyl groups excluding tert-OH is 1. The fourth-order valence-electron chi connectivity index (χ4n) is 6.71. The van der Waals surface area contributed by atoms with Crippen molar-refractivity contribution in [3.63, 3.8) is 0 Å². The molecule has 0 spiro atoms. The molecule has 2 fully saturated rings. The number of hydrogen-bond donors (Lipinski definition) is 3. The zero-order valence-corrected chi connectivity index (χ0v) is 29.7. The lowest BCUT2D eigenvalue weighted by atomic mass is 10.00. The lowest BCUT2D eigenvalue weighted by molar-refractivity contribution is -0.0916. The van der Waals surface area contributed by atoms with Crippen LogP contribution in [0, 0.1) is 17.7 Å². The van der Waals surface area contributed by atoms with E-state index in [0.717, 1.165) is 22.6 Å². The molecule has 0 saturated carbocycles. The first-order valence-electron chi connectivity index (χ1n) is 17.1. The van der Waals surface area contributed by atoms with Crippen molar-refractivity contribution in [2.24, 2.45) is 16.8 Å². The third-order valence-corrected chi connectivity index (χ3v) is 11.1. The van der Waals surface area contributed by atoms with E-state index in [0.29, 0.717) is 12.0 Å². The normalized spacial score (nSPS) is 23.2. The van der Waals surface area contributed by atoms with Crippen LogP contribution >= 0.6 is 0 Å². The summed E-state index contributed by atoms with van der Waals surface area (Å²) in [5.74, 6) is -0.0801. The van der Waals surface area contributed by atoms with Gasteiger partial charge in [0.2, 0.25) is 10.0 Å². The number of sulfonamides is 1. The summed E-state index contributed by atoms with van der Waals surface area (Å²) in [5.41, 5.74) is 3.12. The van der Waals surface area contributed by atoms with Crippen LogP contribution in [0.2, 0.25) is 0 Å². The Balaban J connectivity index is 1.15. The molecule has 1 amide bonds. The first-order chi connectivity index (χ1) is 24.5. The number of ether oxygens (including phenoxy) is 4. The standard InChI is InChI=1S/C37H45FN4O8S/c1-23(2)18-42(51(45,46)28-12-13-29-26(16-28)17-34(39-3)40-29)19-31(43)30(15-24-8-5-4-6-9-24)41-37(44)50-33-22-49-36-35(33)32(21-48-36)47-20-25-10-7-11-27(38)14-25/h4-14,16,23,30-33,35-36,43H,15,17-22H2,1-3H3,(H,39,40)(H,41,44)/t30-,31+,32-,33?,35-,36+/m0/s1. The third kappa shape index (κ3) is 8.94. The van der Waals surface area contributed by atoms with Crippen molar-refractivity contribution in [1.29, 1.82) is 0 Å². The fraction of sp³-hybridized carbons (Fsp3) is 0.459. The van der Waals surface area contributed by atoms with Gasteiger partial charge in [0.15, 0.2) is 6.29 Å². The minimum Gasteiger partial charge on any atom is -0.443 e. The summed E-state index contributed by atoms with van der Waals surface area (Å²) in [7, 11) is -2.36. The molecule has 12 nitrogen and oxygen atoms in total. The number of anilines is 1. The quantitative estimate of drug-likeness (QED) is 0.223. The summed E-state index contributed by atoms with van der Waals surface area (Å²) in [6.45, 7) is 4.13. The number of fused-ring (bicyclic) bond motifs is 2. The van der Waals surface area contributed by atoms with E-state index in [9.17, 15) is 22.7 Å². The van der Waals surface area contributed by atoms with Crippen molar-refractivity contribution < 1.29 is 41.7 Å². The molecule has 6 atom stereocenters. The Labute approximate surface area is 298 Å². The van der Waals surface area contributed by atoms with E-state index in [2.05, 4.69) is 15.6 Å². The molecule has 274 valence electrons. The van der Waals surface area contributed by atoms with Gasteiger partial charge in [-0.25, -0.2) is 17.6 Å². The molecule has 0 aliphatic carbocycles. The van der Waals surface area contributed by atoms with Crippen LogP contribution < -0.4 is 10.6 Å². The van der Waals surface area contributed by atoms with Crippen molar-refractivity contribution in [3.8, 4) is 0 Å². The minimum atomic E-state index is -4.04. The number of aliphatic hydroxyl groups is 1. The smallest absolute Gasteiger partial charge is 0.407 e. The molecular weight excluding hydrogens is 679 g/mol. The zero-order chi connectivity index (χ0) is 36.1. The van der Waals surface area contributed by atoms with E-state index in [4.69, 9.17) is 18.9 Å². The maximum Gasteiger partial charge on any atom is 0.407 e. The van der Waals surface area contributed by atoms with Crippen molar-refractivity contribution in [1.82, 2.24) is 9.62 Å². The van der Waals surface area contributed by atoms with Gasteiger partial charge in [-0.15, -0.1) is 0 Å². The van der Waals surface area contributed by atoms with Crippen molar-refractivity contribution in [3.05, 3.63) is 95.3 Å². The summed E-state index contributed by atoms with van der Waals surface area (Å²) < 4.78 is 66.5. The highest BCUT2D eigenvalue weighted by molar-refractivity contribution is 7.89. The van der Waals surface area contributed by atoms with Gasteiger partial charge in [-0.1, -0.05) is 56.3 Å². The molecule has 14 heteroatoms. The van der Waals surface area contributed by atoms with Crippen LogP contribution in [-0.2, 0) is 48.4 Å². The van der Waals surface area contributed by atoms with Gasteiger partial charge >= 0.3 is 6.09 Å². The van der Waals surface area contributed by atoms with Gasteiger partial charge in [0.25, 0.3) is 0 Å². The highest BCUT2D eigenvalue weighted by atomic mass is 32.2. The van der Waals surface area contributed by atoms with Crippen LogP contribution in [-0.4, -0.2) is 93.8 Å². The second kappa shape index (κ2) is 16.2. The maximum atomic E-state index is 14.1. The Morgan fingerprint density at radius 1 is 1.04 bits per heavy atom. The summed E-state index contributed by atoms with van der Waals surface area (Å²) in [4.78, 5) is 17.8. The molecule has 3 heterocycles. The Bertz CT molecular complexity index is 1810. The van der Waals surface area contributed by atoms with Crippen LogP contribution in [0.25, 0.3) is 0 Å². The van der Waals surface area contributed by atoms with Crippen molar-refractivity contribution in [2.45, 2.75) is 68.8 Å². The predicted molar refractivity (Wildman–Crippen MR) is 188 cm³/mol. The molecule has 6 rings (SSSR count). The third-order valence-electron chi connectivity index (χ3n) is 9.28. The Morgan fingerprint density at radius 3 is 2.51 bits per heavy atom. The number of amidine groups is 1. The van der Waals surface area contributed by atoms with Gasteiger partial charge in [0, 0.05) is 32.2 Å². The van der Waals surface area contributed by atoms with E-state index >= 15 is 0 Å². The number of alkyl carbamates (subject to hydrolysis) is 1. The molecule has 0 radical (unpaired) electrons. The topological polar surface area (TPSA) is 148 Å². The summed E-state index contributed by atoms with van der Waals surface area (Å²) in [5, 5.41) is 17.7. The van der Waals surface area contributed by atoms with Crippen LogP contribution in [0.15, 0.2) is 82.7 Å². The summed E-state index contributed by atoms with van der Waals surface area (Å²) in [6.07, 6.45) is -3.19. The molecule has 3 aromatic carbocycles. The number of nitrogens with one attached hydrogen (secondary N) is 2. The number of rotatable bonds is 14. The van der Waals surface area contributed by atoms with E-state index in [1.165, 1.54) is 16.4 Å².